The van der Waals surface area contributed by atoms with Crippen LogP contribution in [-0.4, -0.2) is 10.5 Å². The molecular formula is C20H29N3S2. The maximum Gasteiger partial charge on any atom is 0.0962 e. The van der Waals surface area contributed by atoms with Crippen molar-refractivity contribution in [1.82, 2.24) is 9.71 Å². The molecule has 136 valence electrons. The van der Waals surface area contributed by atoms with Gasteiger partial charge in [-0.1, -0.05) is 31.4 Å². The van der Waals surface area contributed by atoms with E-state index in [9.17, 15) is 0 Å². The van der Waals surface area contributed by atoms with Crippen LogP contribution in [0.3, 0.4) is 0 Å². The van der Waals surface area contributed by atoms with Crippen LogP contribution in [0.15, 0.2) is 29.3 Å². The highest BCUT2D eigenvalue weighted by Gasteiger charge is 2.20. The second-order valence-corrected chi connectivity index (χ2v) is 9.80. The number of aromatic nitrogens is 1. The van der Waals surface area contributed by atoms with E-state index in [0.717, 1.165) is 0 Å². The lowest BCUT2D eigenvalue weighted by atomic mass is 9.90. The molecule has 1 fully saturated rings. The lowest BCUT2D eigenvalue weighted by Gasteiger charge is -2.21. The highest BCUT2D eigenvalue weighted by molar-refractivity contribution is 7.97. The van der Waals surface area contributed by atoms with E-state index in [-0.39, 0.29) is 5.54 Å². The standard InChI is InChI=1S/C20H29N3S2/c1-20(2,3)23-25-17-11-14(12-21)9-10-16(17)18-13-22-19(24-18)15-7-5-4-6-8-15/h9-11,13,15,23H,4-8,12,21H2,1-3H3. The number of hydrogen-bond donors (Lipinski definition) is 2. The summed E-state index contributed by atoms with van der Waals surface area (Å²) >= 11 is 3.57. The van der Waals surface area contributed by atoms with Gasteiger partial charge in [-0.15, -0.1) is 11.3 Å². The van der Waals surface area contributed by atoms with E-state index >= 15 is 0 Å². The lowest BCUT2D eigenvalue weighted by molar-refractivity contribution is 0.442. The zero-order valence-electron chi connectivity index (χ0n) is 15.5. The molecule has 1 heterocycles. The molecule has 0 saturated heterocycles. The number of nitrogens with one attached hydrogen (secondary N) is 1. The summed E-state index contributed by atoms with van der Waals surface area (Å²) in [4.78, 5) is 7.27. The molecule has 0 bridgehead atoms. The van der Waals surface area contributed by atoms with Crippen molar-refractivity contribution in [3.05, 3.63) is 35.0 Å². The molecule has 0 aliphatic heterocycles. The van der Waals surface area contributed by atoms with Crippen LogP contribution in [0.5, 0.6) is 0 Å². The van der Waals surface area contributed by atoms with Crippen molar-refractivity contribution in [3.8, 4) is 10.4 Å². The van der Waals surface area contributed by atoms with Crippen molar-refractivity contribution in [2.24, 2.45) is 5.73 Å². The van der Waals surface area contributed by atoms with E-state index in [1.54, 1.807) is 11.9 Å². The van der Waals surface area contributed by atoms with Crippen molar-refractivity contribution >= 4 is 23.3 Å². The minimum absolute atomic E-state index is 0.0572. The SMILES string of the molecule is CC(C)(C)NSc1cc(CN)ccc1-c1cnc(C2CCCCC2)s1. The molecule has 0 unspecified atom stereocenters. The average Bonchev–Trinajstić information content (AvgIpc) is 3.09. The van der Waals surface area contributed by atoms with Gasteiger partial charge in [-0.3, -0.25) is 4.72 Å². The molecule has 1 aliphatic carbocycles. The Morgan fingerprint density at radius 3 is 2.68 bits per heavy atom. The summed E-state index contributed by atoms with van der Waals surface area (Å²) in [6, 6.07) is 6.54. The predicted molar refractivity (Wildman–Crippen MR) is 110 cm³/mol. The van der Waals surface area contributed by atoms with Gasteiger partial charge >= 0.3 is 0 Å². The number of benzene rings is 1. The molecule has 1 aromatic heterocycles. The number of thiazole rings is 1. The maximum absolute atomic E-state index is 5.85. The van der Waals surface area contributed by atoms with Crippen LogP contribution in [0, 0.1) is 0 Å². The smallest absolute Gasteiger partial charge is 0.0962 e. The van der Waals surface area contributed by atoms with Crippen molar-refractivity contribution in [1.29, 1.82) is 0 Å². The number of nitrogens with two attached hydrogens (primary N) is 1. The van der Waals surface area contributed by atoms with Crippen LogP contribution in [0.1, 0.15) is 69.4 Å². The Labute approximate surface area is 160 Å². The molecule has 1 saturated carbocycles. The van der Waals surface area contributed by atoms with Gasteiger partial charge in [0, 0.05) is 34.7 Å². The summed E-state index contributed by atoms with van der Waals surface area (Å²) in [5.41, 5.74) is 8.34. The molecule has 1 aromatic carbocycles. The van der Waals surface area contributed by atoms with Gasteiger partial charge in [-0.2, -0.15) is 0 Å². The molecule has 0 amide bonds. The minimum Gasteiger partial charge on any atom is -0.326 e. The van der Waals surface area contributed by atoms with E-state index in [4.69, 9.17) is 10.7 Å². The molecule has 5 heteroatoms. The van der Waals surface area contributed by atoms with Crippen LogP contribution in [-0.2, 0) is 6.54 Å². The Bertz CT molecular complexity index is 697. The molecule has 0 spiro atoms. The fourth-order valence-corrected chi connectivity index (χ4v) is 5.25. The van der Waals surface area contributed by atoms with E-state index < -0.39 is 0 Å². The first kappa shape index (κ1) is 18.9. The van der Waals surface area contributed by atoms with Gasteiger partial charge in [-0.05, 0) is 57.2 Å². The Kier molecular flexibility index (Phi) is 6.21. The summed E-state index contributed by atoms with van der Waals surface area (Å²) in [6.07, 6.45) is 8.74. The Hall–Kier alpha value is -0.880. The van der Waals surface area contributed by atoms with Gasteiger partial charge in [0.2, 0.25) is 0 Å². The van der Waals surface area contributed by atoms with Crippen LogP contribution in [0.4, 0.5) is 0 Å². The first-order valence-corrected chi connectivity index (χ1v) is 10.8. The minimum atomic E-state index is 0.0572. The number of nitrogens with zero attached hydrogens (tertiary/aromatic N) is 1. The molecular weight excluding hydrogens is 346 g/mol. The van der Waals surface area contributed by atoms with Gasteiger partial charge in [0.25, 0.3) is 0 Å². The van der Waals surface area contributed by atoms with Gasteiger partial charge in [-0.25, -0.2) is 4.98 Å². The largest absolute Gasteiger partial charge is 0.326 e. The zero-order chi connectivity index (χ0) is 17.9. The van der Waals surface area contributed by atoms with Crippen LogP contribution < -0.4 is 10.5 Å². The molecule has 3 N–H and O–H groups in total. The molecule has 1 aliphatic rings. The third kappa shape index (κ3) is 5.07. The molecule has 0 atom stereocenters. The summed E-state index contributed by atoms with van der Waals surface area (Å²) in [6.45, 7) is 7.11. The van der Waals surface area contributed by atoms with Crippen LogP contribution >= 0.6 is 23.3 Å². The van der Waals surface area contributed by atoms with E-state index in [1.807, 2.05) is 11.3 Å². The Morgan fingerprint density at radius 1 is 1.24 bits per heavy atom. The maximum atomic E-state index is 5.85. The summed E-state index contributed by atoms with van der Waals surface area (Å²) in [5, 5.41) is 1.32. The number of hydrogen-bond acceptors (Lipinski definition) is 5. The Morgan fingerprint density at radius 2 is 2.00 bits per heavy atom. The molecule has 3 nitrogen and oxygen atoms in total. The second-order valence-electron chi connectivity index (χ2n) is 7.89. The highest BCUT2D eigenvalue weighted by Crippen LogP contribution is 2.40. The first-order valence-electron chi connectivity index (χ1n) is 9.19. The van der Waals surface area contributed by atoms with Crippen LogP contribution in [0.2, 0.25) is 0 Å². The molecule has 0 radical (unpaired) electrons. The van der Waals surface area contributed by atoms with E-state index in [0.29, 0.717) is 12.5 Å². The van der Waals surface area contributed by atoms with Crippen LogP contribution in [0.25, 0.3) is 10.4 Å². The first-order chi connectivity index (χ1) is 12.0. The van der Waals surface area contributed by atoms with Crippen molar-refractivity contribution < 1.29 is 0 Å². The van der Waals surface area contributed by atoms with Gasteiger partial charge in [0.05, 0.1) is 9.88 Å². The third-order valence-corrected chi connectivity index (χ3v) is 6.96. The highest BCUT2D eigenvalue weighted by atomic mass is 32.2. The normalized spacial score (nSPS) is 16.3. The Balaban J connectivity index is 1.86. The molecule has 25 heavy (non-hydrogen) atoms. The predicted octanol–water partition coefficient (Wildman–Crippen LogP) is 5.71. The summed E-state index contributed by atoms with van der Waals surface area (Å²) < 4.78 is 3.53. The van der Waals surface area contributed by atoms with Gasteiger partial charge in [0.15, 0.2) is 0 Å². The average molecular weight is 376 g/mol. The zero-order valence-corrected chi connectivity index (χ0v) is 17.1. The fourth-order valence-electron chi connectivity index (χ4n) is 3.14. The second kappa shape index (κ2) is 8.21. The monoisotopic (exact) mass is 375 g/mol. The van der Waals surface area contributed by atoms with Gasteiger partial charge in [0.1, 0.15) is 0 Å². The lowest BCUT2D eigenvalue weighted by Crippen LogP contribution is -2.29. The summed E-state index contributed by atoms with van der Waals surface area (Å²) in [7, 11) is 0. The van der Waals surface area contributed by atoms with Crippen molar-refractivity contribution in [3.63, 3.8) is 0 Å². The topological polar surface area (TPSA) is 50.9 Å². The fraction of sp³-hybridized carbons (Fsp3) is 0.550. The number of rotatable bonds is 5. The van der Waals surface area contributed by atoms with Crippen molar-refractivity contribution in [2.45, 2.75) is 75.8 Å². The summed E-state index contributed by atoms with van der Waals surface area (Å²) in [5.74, 6) is 0.666. The van der Waals surface area contributed by atoms with Gasteiger partial charge < -0.3 is 5.73 Å². The molecule has 3 rings (SSSR count). The van der Waals surface area contributed by atoms with Crippen molar-refractivity contribution in [2.75, 3.05) is 0 Å². The molecule has 2 aromatic rings. The quantitative estimate of drug-likeness (QED) is 0.657. The van der Waals surface area contributed by atoms with E-state index in [1.165, 1.54) is 58.0 Å². The van der Waals surface area contributed by atoms with E-state index in [2.05, 4.69) is 49.9 Å². The third-order valence-electron chi connectivity index (χ3n) is 4.49.